The fourth-order valence-electron chi connectivity index (χ4n) is 1.97. The predicted molar refractivity (Wildman–Crippen MR) is 49.4 cm³/mol. The maximum atomic E-state index is 5.71. The maximum Gasteiger partial charge on any atom is 0.166 e. The molecule has 1 aromatic rings. The van der Waals surface area contributed by atoms with Crippen molar-refractivity contribution in [3.05, 3.63) is 5.82 Å². The summed E-state index contributed by atoms with van der Waals surface area (Å²) >= 11 is 5.71. The smallest absolute Gasteiger partial charge is 0.166 e. The Bertz CT molecular complexity index is 299. The molecule has 5 heteroatoms. The zero-order chi connectivity index (χ0) is 9.47. The fraction of sp³-hybridized carbons (Fsp3) is 0.875. The van der Waals surface area contributed by atoms with Gasteiger partial charge in [0.05, 0.1) is 11.9 Å². The van der Waals surface area contributed by atoms with E-state index in [9.17, 15) is 0 Å². The first kappa shape index (κ1) is 8.94. The van der Waals surface area contributed by atoms with Gasteiger partial charge in [0.15, 0.2) is 5.82 Å². The van der Waals surface area contributed by atoms with E-state index < -0.39 is 0 Å². The van der Waals surface area contributed by atoms with Crippen LogP contribution in [0.25, 0.3) is 0 Å². The number of rotatable bonds is 2. The van der Waals surface area contributed by atoms with Crippen LogP contribution in [0.15, 0.2) is 0 Å². The molecule has 0 N–H and O–H groups in total. The van der Waals surface area contributed by atoms with Gasteiger partial charge in [-0.2, -0.15) is 0 Å². The highest BCUT2D eigenvalue weighted by Gasteiger charge is 2.38. The maximum absolute atomic E-state index is 5.71. The first-order valence-corrected chi connectivity index (χ1v) is 4.98. The van der Waals surface area contributed by atoms with Gasteiger partial charge >= 0.3 is 0 Å². The van der Waals surface area contributed by atoms with Crippen molar-refractivity contribution in [3.63, 3.8) is 0 Å². The lowest BCUT2D eigenvalue weighted by Crippen LogP contribution is -2.34. The topological polar surface area (TPSA) is 43.6 Å². The van der Waals surface area contributed by atoms with Crippen molar-refractivity contribution in [2.45, 2.75) is 38.6 Å². The molecule has 0 bridgehead atoms. The van der Waals surface area contributed by atoms with Crippen molar-refractivity contribution < 1.29 is 0 Å². The molecule has 1 aromatic heterocycles. The Hall–Kier alpha value is -0.640. The van der Waals surface area contributed by atoms with Crippen LogP contribution in [0.2, 0.25) is 0 Å². The molecule has 1 aliphatic rings. The van der Waals surface area contributed by atoms with E-state index >= 15 is 0 Å². The molecular weight excluding hydrogens is 188 g/mol. The molecule has 1 heterocycles. The van der Waals surface area contributed by atoms with Crippen LogP contribution in [0.1, 0.15) is 38.6 Å². The van der Waals surface area contributed by atoms with Crippen LogP contribution in [-0.2, 0) is 5.88 Å². The number of nitrogens with zero attached hydrogens (tertiary/aromatic N) is 4. The zero-order valence-electron chi connectivity index (χ0n) is 7.87. The zero-order valence-corrected chi connectivity index (χ0v) is 8.62. The lowest BCUT2D eigenvalue weighted by molar-refractivity contribution is 0.0915. The Morgan fingerprint density at radius 2 is 2.23 bits per heavy atom. The van der Waals surface area contributed by atoms with Crippen molar-refractivity contribution in [2.24, 2.45) is 5.41 Å². The third-order valence-corrected chi connectivity index (χ3v) is 2.84. The fourth-order valence-corrected chi connectivity index (χ4v) is 2.15. The van der Waals surface area contributed by atoms with E-state index in [1.54, 1.807) is 0 Å². The van der Waals surface area contributed by atoms with E-state index in [0.717, 1.165) is 18.7 Å². The average molecular weight is 201 g/mol. The molecule has 1 saturated carbocycles. The number of tetrazole rings is 1. The van der Waals surface area contributed by atoms with Crippen molar-refractivity contribution in [1.29, 1.82) is 0 Å². The van der Waals surface area contributed by atoms with E-state index in [4.69, 9.17) is 11.6 Å². The molecule has 13 heavy (non-hydrogen) atoms. The van der Waals surface area contributed by atoms with Crippen molar-refractivity contribution in [2.75, 3.05) is 0 Å². The Morgan fingerprint density at radius 1 is 1.54 bits per heavy atom. The highest BCUT2D eigenvalue weighted by molar-refractivity contribution is 6.16. The van der Waals surface area contributed by atoms with Crippen molar-refractivity contribution in [3.8, 4) is 0 Å². The second-order valence-electron chi connectivity index (χ2n) is 4.40. The number of alkyl halides is 1. The molecule has 0 atom stereocenters. The van der Waals surface area contributed by atoms with Crippen LogP contribution in [-0.4, -0.2) is 20.2 Å². The third kappa shape index (κ3) is 1.55. The van der Waals surface area contributed by atoms with Gasteiger partial charge in [-0.1, -0.05) is 13.8 Å². The second-order valence-corrected chi connectivity index (χ2v) is 4.67. The molecule has 1 fully saturated rings. The van der Waals surface area contributed by atoms with Crippen molar-refractivity contribution >= 4 is 11.6 Å². The van der Waals surface area contributed by atoms with Gasteiger partial charge < -0.3 is 0 Å². The van der Waals surface area contributed by atoms with Crippen LogP contribution >= 0.6 is 11.6 Å². The molecule has 4 nitrogen and oxygen atoms in total. The minimum atomic E-state index is 0.393. The first-order chi connectivity index (χ1) is 6.12. The van der Waals surface area contributed by atoms with Crippen molar-refractivity contribution in [1.82, 2.24) is 20.2 Å². The van der Waals surface area contributed by atoms with Gasteiger partial charge in [0, 0.05) is 0 Å². The Labute approximate surface area is 82.3 Å². The van der Waals surface area contributed by atoms with Crippen LogP contribution in [0.5, 0.6) is 0 Å². The number of aromatic nitrogens is 4. The van der Waals surface area contributed by atoms with Crippen LogP contribution < -0.4 is 0 Å². The summed E-state index contributed by atoms with van der Waals surface area (Å²) in [5, 5.41) is 11.4. The minimum absolute atomic E-state index is 0.393. The lowest BCUT2D eigenvalue weighted by Gasteiger charge is -2.42. The molecule has 72 valence electrons. The molecule has 0 aromatic carbocycles. The molecule has 0 saturated heterocycles. The summed E-state index contributed by atoms with van der Waals surface area (Å²) < 4.78 is 1.86. The lowest BCUT2D eigenvalue weighted by atomic mass is 9.68. The van der Waals surface area contributed by atoms with Crippen LogP contribution in [0.4, 0.5) is 0 Å². The van der Waals surface area contributed by atoms with Gasteiger partial charge in [-0.15, -0.1) is 16.7 Å². The Balaban J connectivity index is 2.11. The van der Waals surface area contributed by atoms with E-state index in [0.29, 0.717) is 17.3 Å². The monoisotopic (exact) mass is 200 g/mol. The highest BCUT2D eigenvalue weighted by Crippen LogP contribution is 2.47. The van der Waals surface area contributed by atoms with Gasteiger partial charge in [0.25, 0.3) is 0 Å². The summed E-state index contributed by atoms with van der Waals surface area (Å²) in [6.07, 6.45) is 2.28. The van der Waals surface area contributed by atoms with Gasteiger partial charge in [-0.05, 0) is 28.7 Å². The average Bonchev–Trinajstić information content (AvgIpc) is 2.46. The largest absolute Gasteiger partial charge is 0.225 e. The standard InChI is InChI=1S/C8H13ClN4/c1-8(2)3-6(4-8)13-7(5-9)10-11-12-13/h6H,3-5H2,1-2H3. The Kier molecular flexibility index (Phi) is 2.02. The second kappa shape index (κ2) is 2.94. The summed E-state index contributed by atoms with van der Waals surface area (Å²) in [6.45, 7) is 4.52. The Morgan fingerprint density at radius 3 is 2.77 bits per heavy atom. The van der Waals surface area contributed by atoms with Gasteiger partial charge in [-0.3, -0.25) is 0 Å². The number of hydrogen-bond donors (Lipinski definition) is 0. The molecular formula is C8H13ClN4. The summed E-state index contributed by atoms with van der Waals surface area (Å²) in [4.78, 5) is 0. The molecule has 0 aliphatic heterocycles. The number of hydrogen-bond acceptors (Lipinski definition) is 3. The van der Waals surface area contributed by atoms with Gasteiger partial charge in [0.2, 0.25) is 0 Å². The summed E-state index contributed by atoms with van der Waals surface area (Å²) in [6, 6.07) is 0.457. The van der Waals surface area contributed by atoms with Crippen LogP contribution in [0.3, 0.4) is 0 Å². The van der Waals surface area contributed by atoms with Gasteiger partial charge in [0.1, 0.15) is 0 Å². The van der Waals surface area contributed by atoms with E-state index in [1.165, 1.54) is 0 Å². The molecule has 0 radical (unpaired) electrons. The summed E-state index contributed by atoms with van der Waals surface area (Å²) in [5.41, 5.74) is 0.445. The van der Waals surface area contributed by atoms with Crippen LogP contribution in [0, 0.1) is 5.41 Å². The molecule has 0 unspecified atom stereocenters. The SMILES string of the molecule is CC1(C)CC(n2nnnc2CCl)C1. The van der Waals surface area contributed by atoms with E-state index in [2.05, 4.69) is 29.4 Å². The normalized spacial score (nSPS) is 21.5. The molecule has 2 rings (SSSR count). The first-order valence-electron chi connectivity index (χ1n) is 4.45. The molecule has 1 aliphatic carbocycles. The highest BCUT2D eigenvalue weighted by atomic mass is 35.5. The molecule has 0 spiro atoms. The summed E-state index contributed by atoms with van der Waals surface area (Å²) in [5.74, 6) is 1.17. The number of halogens is 1. The predicted octanol–water partition coefficient (Wildman–Crippen LogP) is 1.77. The quantitative estimate of drug-likeness (QED) is 0.684. The summed E-state index contributed by atoms with van der Waals surface area (Å²) in [7, 11) is 0. The van der Waals surface area contributed by atoms with E-state index in [1.807, 2.05) is 4.68 Å². The molecule has 0 amide bonds. The minimum Gasteiger partial charge on any atom is -0.225 e. The third-order valence-electron chi connectivity index (χ3n) is 2.60. The van der Waals surface area contributed by atoms with Gasteiger partial charge in [-0.25, -0.2) is 4.68 Å². The van der Waals surface area contributed by atoms with E-state index in [-0.39, 0.29) is 0 Å².